The van der Waals surface area contributed by atoms with Gasteiger partial charge in [-0.05, 0) is 72.5 Å². The summed E-state index contributed by atoms with van der Waals surface area (Å²) < 4.78 is 79.5. The summed E-state index contributed by atoms with van der Waals surface area (Å²) in [5.74, 6) is -0.288. The quantitative estimate of drug-likeness (QED) is 0.510. The summed E-state index contributed by atoms with van der Waals surface area (Å²) in [6, 6.07) is 7.25. The van der Waals surface area contributed by atoms with Crippen LogP contribution in [0.3, 0.4) is 0 Å². The molecule has 8 nitrogen and oxygen atoms in total. The van der Waals surface area contributed by atoms with Crippen LogP contribution in [-0.2, 0) is 12.4 Å². The van der Waals surface area contributed by atoms with Gasteiger partial charge in [-0.25, -0.2) is 9.67 Å². The zero-order valence-electron chi connectivity index (χ0n) is 17.9. The molecule has 2 N–H and O–H groups in total. The zero-order chi connectivity index (χ0) is 25.2. The lowest BCUT2D eigenvalue weighted by atomic mass is 9.90. The Morgan fingerprint density at radius 3 is 1.97 bits per heavy atom. The van der Waals surface area contributed by atoms with Crippen LogP contribution in [0.2, 0.25) is 0 Å². The maximum absolute atomic E-state index is 13.0. The number of rotatable bonds is 5. The highest BCUT2D eigenvalue weighted by Crippen LogP contribution is 2.35. The largest absolute Gasteiger partial charge is 0.433 e. The summed E-state index contributed by atoms with van der Waals surface area (Å²) in [5, 5.41) is 16.5. The molecule has 4 rings (SSSR count). The molecule has 0 aliphatic heterocycles. The van der Waals surface area contributed by atoms with Crippen LogP contribution in [0.1, 0.15) is 47.4 Å². The van der Waals surface area contributed by atoms with Crippen LogP contribution >= 0.6 is 0 Å². The number of pyridine rings is 1. The molecule has 1 saturated carbocycles. The molecule has 0 atom stereocenters. The van der Waals surface area contributed by atoms with Crippen LogP contribution in [-0.4, -0.2) is 43.2 Å². The SMILES string of the molecule is O=C(N[C@H]1CC[C@@H](Nc2cc(C(F)(F)F)nc(C(F)(F)F)c2)CC1)c1ccc(-n2cnnn2)cc1. The summed E-state index contributed by atoms with van der Waals surface area (Å²) in [6.07, 6.45) is -6.68. The summed E-state index contributed by atoms with van der Waals surface area (Å²) in [7, 11) is 0. The average Bonchev–Trinajstić information content (AvgIpc) is 3.34. The predicted molar refractivity (Wildman–Crippen MR) is 111 cm³/mol. The Bertz CT molecular complexity index is 1120. The van der Waals surface area contributed by atoms with Crippen LogP contribution in [0.15, 0.2) is 42.7 Å². The van der Waals surface area contributed by atoms with Gasteiger partial charge in [0.05, 0.1) is 5.69 Å². The van der Waals surface area contributed by atoms with E-state index in [1.54, 1.807) is 24.3 Å². The lowest BCUT2D eigenvalue weighted by Gasteiger charge is -2.30. The van der Waals surface area contributed by atoms with Crippen molar-refractivity contribution in [1.82, 2.24) is 30.5 Å². The van der Waals surface area contributed by atoms with E-state index in [1.165, 1.54) is 11.0 Å². The molecular formula is C21H19F6N7O. The van der Waals surface area contributed by atoms with E-state index in [-0.39, 0.29) is 23.7 Å². The van der Waals surface area contributed by atoms with Crippen molar-refractivity contribution in [3.63, 3.8) is 0 Å². The van der Waals surface area contributed by atoms with Crippen molar-refractivity contribution in [3.05, 3.63) is 59.7 Å². The summed E-state index contributed by atoms with van der Waals surface area (Å²) in [5.41, 5.74) is -2.41. The first kappa shape index (κ1) is 24.4. The van der Waals surface area contributed by atoms with Gasteiger partial charge in [0.2, 0.25) is 0 Å². The molecule has 0 bridgehead atoms. The molecule has 0 spiro atoms. The van der Waals surface area contributed by atoms with Crippen LogP contribution in [0.25, 0.3) is 5.69 Å². The van der Waals surface area contributed by atoms with E-state index in [2.05, 4.69) is 31.1 Å². The summed E-state index contributed by atoms with van der Waals surface area (Å²) >= 11 is 0. The van der Waals surface area contributed by atoms with Crippen LogP contribution < -0.4 is 10.6 Å². The Morgan fingerprint density at radius 1 is 0.886 bits per heavy atom. The van der Waals surface area contributed by atoms with E-state index < -0.39 is 23.7 Å². The first-order valence-electron chi connectivity index (χ1n) is 10.6. The monoisotopic (exact) mass is 499 g/mol. The number of alkyl halides is 6. The Morgan fingerprint density at radius 2 is 1.46 bits per heavy atom. The van der Waals surface area contributed by atoms with Gasteiger partial charge in [-0.1, -0.05) is 0 Å². The van der Waals surface area contributed by atoms with E-state index >= 15 is 0 Å². The highest BCUT2D eigenvalue weighted by atomic mass is 19.4. The minimum absolute atomic E-state index is 0.173. The van der Waals surface area contributed by atoms with Gasteiger partial charge in [0.1, 0.15) is 17.7 Å². The minimum Gasteiger partial charge on any atom is -0.382 e. The zero-order valence-corrected chi connectivity index (χ0v) is 17.9. The van der Waals surface area contributed by atoms with Crippen LogP contribution in [0.4, 0.5) is 32.0 Å². The van der Waals surface area contributed by atoms with Crippen molar-refractivity contribution < 1.29 is 31.1 Å². The van der Waals surface area contributed by atoms with Crippen LogP contribution in [0.5, 0.6) is 0 Å². The Hall–Kier alpha value is -3.71. The Labute approximate surface area is 194 Å². The van der Waals surface area contributed by atoms with Gasteiger partial charge in [0, 0.05) is 23.3 Å². The second-order valence-corrected chi connectivity index (χ2v) is 8.09. The topological polar surface area (TPSA) is 97.6 Å². The Balaban J connectivity index is 1.34. The second kappa shape index (κ2) is 9.50. The summed E-state index contributed by atoms with van der Waals surface area (Å²) in [6.45, 7) is 0. The second-order valence-electron chi connectivity index (χ2n) is 8.09. The van der Waals surface area contributed by atoms with E-state index in [0.29, 0.717) is 49.1 Å². The fraction of sp³-hybridized carbons (Fsp3) is 0.381. The summed E-state index contributed by atoms with van der Waals surface area (Å²) in [4.78, 5) is 15.3. The molecule has 1 aliphatic rings. The number of amides is 1. The van der Waals surface area contributed by atoms with Crippen molar-refractivity contribution in [2.75, 3.05) is 5.32 Å². The van der Waals surface area contributed by atoms with Gasteiger partial charge in [-0.2, -0.15) is 26.3 Å². The number of anilines is 1. The molecule has 2 heterocycles. The van der Waals surface area contributed by atoms with Crippen molar-refractivity contribution in [2.24, 2.45) is 0 Å². The molecule has 14 heteroatoms. The van der Waals surface area contributed by atoms with Crippen molar-refractivity contribution in [1.29, 1.82) is 0 Å². The third kappa shape index (κ3) is 6.05. The molecule has 1 aliphatic carbocycles. The lowest BCUT2D eigenvalue weighted by molar-refractivity contribution is -0.150. The first-order chi connectivity index (χ1) is 16.5. The third-order valence-electron chi connectivity index (χ3n) is 5.58. The molecule has 35 heavy (non-hydrogen) atoms. The van der Waals surface area contributed by atoms with Gasteiger partial charge < -0.3 is 10.6 Å². The van der Waals surface area contributed by atoms with Crippen molar-refractivity contribution in [2.45, 2.75) is 50.1 Å². The number of nitrogens with one attached hydrogen (secondary N) is 2. The molecule has 186 valence electrons. The fourth-order valence-corrected chi connectivity index (χ4v) is 3.84. The standard InChI is InChI=1S/C21H19F6N7O/c22-20(23,24)17-9-15(10-18(31-17)21(25,26)27)29-13-3-5-14(6-4-13)30-19(35)12-1-7-16(8-2-12)34-11-28-32-33-34/h1-2,7-11,13-14H,3-6H2,(H,29,31)(H,30,35)/t13-,14+. The first-order valence-corrected chi connectivity index (χ1v) is 10.6. The van der Waals surface area contributed by atoms with Crippen molar-refractivity contribution in [3.8, 4) is 5.69 Å². The number of halogens is 6. The predicted octanol–water partition coefficient (Wildman–Crippen LogP) is 4.25. The normalized spacial score (nSPS) is 18.8. The molecule has 0 radical (unpaired) electrons. The minimum atomic E-state index is -5.01. The molecule has 1 aromatic carbocycles. The average molecular weight is 499 g/mol. The van der Waals surface area contributed by atoms with E-state index in [0.717, 1.165) is 0 Å². The van der Waals surface area contributed by atoms with E-state index in [1.807, 2.05) is 0 Å². The highest BCUT2D eigenvalue weighted by molar-refractivity contribution is 5.94. The number of carbonyl (C=O) groups excluding carboxylic acids is 1. The molecule has 1 amide bonds. The maximum atomic E-state index is 13.0. The third-order valence-corrected chi connectivity index (χ3v) is 5.58. The van der Waals surface area contributed by atoms with E-state index in [9.17, 15) is 31.1 Å². The van der Waals surface area contributed by atoms with Gasteiger partial charge in [-0.3, -0.25) is 4.79 Å². The molecule has 1 fully saturated rings. The lowest BCUT2D eigenvalue weighted by Crippen LogP contribution is -2.40. The van der Waals surface area contributed by atoms with Gasteiger partial charge in [-0.15, -0.1) is 5.10 Å². The number of hydrogen-bond donors (Lipinski definition) is 2. The molecule has 0 unspecified atom stereocenters. The maximum Gasteiger partial charge on any atom is 0.433 e. The number of carbonyl (C=O) groups is 1. The smallest absolute Gasteiger partial charge is 0.382 e. The highest BCUT2D eigenvalue weighted by Gasteiger charge is 2.39. The molecule has 0 saturated heterocycles. The van der Waals surface area contributed by atoms with Crippen LogP contribution in [0, 0.1) is 0 Å². The number of hydrogen-bond acceptors (Lipinski definition) is 6. The Kier molecular flexibility index (Phi) is 6.63. The fourth-order valence-electron chi connectivity index (χ4n) is 3.84. The van der Waals surface area contributed by atoms with Gasteiger partial charge in [0.15, 0.2) is 0 Å². The van der Waals surface area contributed by atoms with Gasteiger partial charge in [0.25, 0.3) is 5.91 Å². The number of tetrazole rings is 1. The molecule has 3 aromatic rings. The van der Waals surface area contributed by atoms with Gasteiger partial charge >= 0.3 is 12.4 Å². The van der Waals surface area contributed by atoms with Crippen molar-refractivity contribution >= 4 is 11.6 Å². The van der Waals surface area contributed by atoms with E-state index in [4.69, 9.17) is 0 Å². The number of aromatic nitrogens is 5. The molecular weight excluding hydrogens is 480 g/mol. The number of nitrogens with zero attached hydrogens (tertiary/aromatic N) is 5. The molecule has 2 aromatic heterocycles. The number of benzene rings is 1.